The highest BCUT2D eigenvalue weighted by atomic mass is 14.2. The predicted octanol–water partition coefficient (Wildman–Crippen LogP) is 3.04. The zero-order chi connectivity index (χ0) is 7.66. The van der Waals surface area contributed by atoms with Crippen molar-refractivity contribution in [2.45, 2.75) is 39.0 Å². The maximum atomic E-state index is 8.13. The van der Waals surface area contributed by atoms with Crippen molar-refractivity contribution in [2.24, 2.45) is 0 Å². The molecule has 0 heterocycles. The molecule has 56 valence electrons. The zero-order valence-corrected chi connectivity index (χ0v) is 6.64. The molecule has 0 aromatic rings. The highest BCUT2D eigenvalue weighted by Gasteiger charge is 1.82. The Labute approximate surface area is 63.4 Å². The van der Waals surface area contributed by atoms with Gasteiger partial charge in [-0.2, -0.15) is 5.26 Å². The Hall–Kier alpha value is -0.770. The van der Waals surface area contributed by atoms with E-state index in [9.17, 15) is 0 Å². The van der Waals surface area contributed by atoms with E-state index in [2.05, 4.69) is 6.92 Å². The minimum absolute atomic E-state index is 1.06. The van der Waals surface area contributed by atoms with E-state index < -0.39 is 0 Å². The number of allylic oxidation sites excluding steroid dienone is 2. The Balaban J connectivity index is 2.92. The lowest BCUT2D eigenvalue weighted by Crippen LogP contribution is -1.72. The van der Waals surface area contributed by atoms with Gasteiger partial charge in [-0.1, -0.05) is 32.3 Å². The SMILES string of the molecule is CCCCCCC=CC#N. The molecular weight excluding hydrogens is 122 g/mol. The van der Waals surface area contributed by atoms with Crippen molar-refractivity contribution in [1.29, 1.82) is 5.26 Å². The first-order chi connectivity index (χ1) is 4.91. The topological polar surface area (TPSA) is 23.8 Å². The Morgan fingerprint density at radius 3 is 2.70 bits per heavy atom. The van der Waals surface area contributed by atoms with Gasteiger partial charge in [0.05, 0.1) is 6.07 Å². The van der Waals surface area contributed by atoms with E-state index in [0.717, 1.165) is 6.42 Å². The molecule has 0 bridgehead atoms. The zero-order valence-electron chi connectivity index (χ0n) is 6.64. The molecule has 0 radical (unpaired) electrons. The molecular formula is C9H15N. The summed E-state index contributed by atoms with van der Waals surface area (Å²) >= 11 is 0. The van der Waals surface area contributed by atoms with Crippen LogP contribution in [0.5, 0.6) is 0 Å². The van der Waals surface area contributed by atoms with Gasteiger partial charge in [-0.05, 0) is 12.8 Å². The van der Waals surface area contributed by atoms with E-state index in [4.69, 9.17) is 5.26 Å². The van der Waals surface area contributed by atoms with Crippen molar-refractivity contribution in [3.05, 3.63) is 12.2 Å². The molecule has 0 N–H and O–H groups in total. The van der Waals surface area contributed by atoms with Crippen LogP contribution in [0.3, 0.4) is 0 Å². The van der Waals surface area contributed by atoms with Crippen molar-refractivity contribution in [3.63, 3.8) is 0 Å². The van der Waals surface area contributed by atoms with Crippen LogP contribution in [0.1, 0.15) is 39.0 Å². The van der Waals surface area contributed by atoms with E-state index in [-0.39, 0.29) is 0 Å². The molecule has 0 aliphatic rings. The summed E-state index contributed by atoms with van der Waals surface area (Å²) in [5, 5.41) is 8.13. The van der Waals surface area contributed by atoms with Crippen LogP contribution in [0.15, 0.2) is 12.2 Å². The van der Waals surface area contributed by atoms with Crippen LogP contribution in [0.2, 0.25) is 0 Å². The van der Waals surface area contributed by atoms with Gasteiger partial charge < -0.3 is 0 Å². The summed E-state index contributed by atoms with van der Waals surface area (Å²) in [6, 6.07) is 1.98. The van der Waals surface area contributed by atoms with Gasteiger partial charge >= 0.3 is 0 Å². The van der Waals surface area contributed by atoms with E-state index in [1.54, 1.807) is 6.08 Å². The lowest BCUT2D eigenvalue weighted by Gasteiger charge is -1.92. The minimum Gasteiger partial charge on any atom is -0.193 e. The van der Waals surface area contributed by atoms with Crippen molar-refractivity contribution in [2.75, 3.05) is 0 Å². The number of unbranched alkanes of at least 4 members (excludes halogenated alkanes) is 4. The number of rotatable bonds is 5. The van der Waals surface area contributed by atoms with Gasteiger partial charge in [0.2, 0.25) is 0 Å². The van der Waals surface area contributed by atoms with Gasteiger partial charge in [0.25, 0.3) is 0 Å². The fourth-order valence-electron chi connectivity index (χ4n) is 0.825. The van der Waals surface area contributed by atoms with Gasteiger partial charge in [-0.15, -0.1) is 0 Å². The molecule has 0 unspecified atom stereocenters. The van der Waals surface area contributed by atoms with Crippen LogP contribution in [-0.4, -0.2) is 0 Å². The summed E-state index contributed by atoms with van der Waals surface area (Å²) < 4.78 is 0. The number of nitriles is 1. The summed E-state index contributed by atoms with van der Waals surface area (Å²) in [7, 11) is 0. The van der Waals surface area contributed by atoms with Crippen LogP contribution in [0, 0.1) is 11.3 Å². The third-order valence-electron chi connectivity index (χ3n) is 1.42. The summed E-state index contributed by atoms with van der Waals surface area (Å²) in [5.74, 6) is 0. The van der Waals surface area contributed by atoms with Gasteiger partial charge in [0.1, 0.15) is 0 Å². The van der Waals surface area contributed by atoms with Crippen LogP contribution in [-0.2, 0) is 0 Å². The number of nitrogens with zero attached hydrogens (tertiary/aromatic N) is 1. The third kappa shape index (κ3) is 7.23. The van der Waals surface area contributed by atoms with Crippen molar-refractivity contribution < 1.29 is 0 Å². The first-order valence-corrected chi connectivity index (χ1v) is 3.96. The summed E-state index contributed by atoms with van der Waals surface area (Å²) in [6.07, 6.45) is 9.69. The first-order valence-electron chi connectivity index (χ1n) is 3.96. The second-order valence-corrected chi connectivity index (χ2v) is 2.38. The average Bonchev–Trinajstić information content (AvgIpc) is 1.97. The second kappa shape index (κ2) is 8.23. The van der Waals surface area contributed by atoms with E-state index in [1.165, 1.54) is 25.7 Å². The third-order valence-corrected chi connectivity index (χ3v) is 1.42. The summed E-state index contributed by atoms with van der Waals surface area (Å²) in [5.41, 5.74) is 0. The van der Waals surface area contributed by atoms with E-state index >= 15 is 0 Å². The lowest BCUT2D eigenvalue weighted by molar-refractivity contribution is 0.674. The Bertz CT molecular complexity index is 119. The fourth-order valence-corrected chi connectivity index (χ4v) is 0.825. The highest BCUT2D eigenvalue weighted by Crippen LogP contribution is 2.02. The van der Waals surface area contributed by atoms with E-state index in [0.29, 0.717) is 0 Å². The standard InChI is InChI=1S/C9H15N/c1-2-3-4-5-6-7-8-9-10/h7-8H,2-6H2,1H3. The molecule has 0 spiro atoms. The first kappa shape index (κ1) is 9.23. The molecule has 0 saturated heterocycles. The van der Waals surface area contributed by atoms with Gasteiger partial charge in [-0.25, -0.2) is 0 Å². The van der Waals surface area contributed by atoms with E-state index in [1.807, 2.05) is 12.1 Å². The molecule has 0 fully saturated rings. The quantitative estimate of drug-likeness (QED) is 0.422. The predicted molar refractivity (Wildman–Crippen MR) is 43.5 cm³/mol. The smallest absolute Gasteiger partial charge is 0.0908 e. The molecule has 1 heteroatoms. The molecule has 0 aromatic heterocycles. The second-order valence-electron chi connectivity index (χ2n) is 2.38. The maximum absolute atomic E-state index is 8.13. The summed E-state index contributed by atoms with van der Waals surface area (Å²) in [4.78, 5) is 0. The van der Waals surface area contributed by atoms with Crippen molar-refractivity contribution in [3.8, 4) is 6.07 Å². The molecule has 1 nitrogen and oxygen atoms in total. The molecule has 0 amide bonds. The summed E-state index contributed by atoms with van der Waals surface area (Å²) in [6.45, 7) is 2.20. The maximum Gasteiger partial charge on any atom is 0.0908 e. The van der Waals surface area contributed by atoms with Gasteiger partial charge in [0.15, 0.2) is 0 Å². The molecule has 0 rings (SSSR count). The normalized spacial score (nSPS) is 10.0. The van der Waals surface area contributed by atoms with Crippen LogP contribution in [0.4, 0.5) is 0 Å². The largest absolute Gasteiger partial charge is 0.193 e. The molecule has 10 heavy (non-hydrogen) atoms. The van der Waals surface area contributed by atoms with Gasteiger partial charge in [-0.3, -0.25) is 0 Å². The number of hydrogen-bond acceptors (Lipinski definition) is 1. The Morgan fingerprint density at radius 2 is 2.10 bits per heavy atom. The monoisotopic (exact) mass is 137 g/mol. The van der Waals surface area contributed by atoms with Crippen LogP contribution < -0.4 is 0 Å². The molecule has 0 aliphatic heterocycles. The Kier molecular flexibility index (Phi) is 7.60. The average molecular weight is 137 g/mol. The van der Waals surface area contributed by atoms with Crippen molar-refractivity contribution >= 4 is 0 Å². The van der Waals surface area contributed by atoms with Gasteiger partial charge in [0, 0.05) is 6.08 Å². The van der Waals surface area contributed by atoms with Crippen LogP contribution >= 0.6 is 0 Å². The molecule has 0 aliphatic carbocycles. The van der Waals surface area contributed by atoms with Crippen LogP contribution in [0.25, 0.3) is 0 Å². The molecule has 0 atom stereocenters. The number of hydrogen-bond donors (Lipinski definition) is 0. The highest BCUT2D eigenvalue weighted by molar-refractivity contribution is 5.01. The Morgan fingerprint density at radius 1 is 1.30 bits per heavy atom. The fraction of sp³-hybridized carbons (Fsp3) is 0.667. The molecule has 0 aromatic carbocycles. The lowest BCUT2D eigenvalue weighted by atomic mass is 10.1. The minimum atomic E-state index is 1.06. The molecule has 0 saturated carbocycles. The van der Waals surface area contributed by atoms with Crippen molar-refractivity contribution in [1.82, 2.24) is 0 Å².